The molecule has 2 aliphatic heterocycles. The third kappa shape index (κ3) is 3.05. The number of hydrogen-bond donors (Lipinski definition) is 1. The number of halogens is 3. The Balaban J connectivity index is 1.79. The molecule has 0 bridgehead atoms. The third-order valence-electron chi connectivity index (χ3n) is 4.99. The molecule has 0 saturated heterocycles. The molecule has 1 aromatic heterocycles. The monoisotopic (exact) mass is 394 g/mol. The van der Waals surface area contributed by atoms with E-state index in [1.54, 1.807) is 26.1 Å². The number of amides is 1. The summed E-state index contributed by atoms with van der Waals surface area (Å²) >= 11 is 0. The Kier molecular flexibility index (Phi) is 4.04. The van der Waals surface area contributed by atoms with Gasteiger partial charge < -0.3 is 19.5 Å². The van der Waals surface area contributed by atoms with Crippen molar-refractivity contribution >= 4 is 5.91 Å². The van der Waals surface area contributed by atoms with E-state index in [1.807, 2.05) is 0 Å². The largest absolute Gasteiger partial charge is 0.573 e. The fourth-order valence-corrected chi connectivity index (χ4v) is 3.68. The molecular formula is C19H17F3N2O4. The lowest BCUT2D eigenvalue weighted by Crippen LogP contribution is -2.53. The van der Waals surface area contributed by atoms with E-state index < -0.39 is 29.9 Å². The first-order valence-electron chi connectivity index (χ1n) is 8.57. The standard InChI is InChI=1S/C19H17F3N2O4/c1-18(2)16(25)15(24-9-10-8-23-6-5-12(10)17(24)26)13-7-11(27-19(20,21)22)3-4-14(13)28-18/h3-8,15-16,25H,9H2,1-2H3/t15-,16+/m0/s1. The van der Waals surface area contributed by atoms with Crippen LogP contribution in [0.4, 0.5) is 13.2 Å². The van der Waals surface area contributed by atoms with Gasteiger partial charge in [-0.05, 0) is 38.1 Å². The Morgan fingerprint density at radius 2 is 2.07 bits per heavy atom. The van der Waals surface area contributed by atoms with Crippen LogP contribution in [0.15, 0.2) is 36.7 Å². The SMILES string of the molecule is CC1(C)Oc2ccc(OC(F)(F)F)cc2[C@H](N2Cc3cnccc3C2=O)[C@H]1O. The Bertz CT molecular complexity index is 945. The molecule has 2 aromatic rings. The lowest BCUT2D eigenvalue weighted by molar-refractivity contribution is -0.274. The van der Waals surface area contributed by atoms with Crippen LogP contribution in [0.25, 0.3) is 0 Å². The average Bonchev–Trinajstić information content (AvgIpc) is 2.92. The van der Waals surface area contributed by atoms with Crippen LogP contribution in [0.1, 0.15) is 41.4 Å². The number of benzene rings is 1. The van der Waals surface area contributed by atoms with Crippen LogP contribution in [0.5, 0.6) is 11.5 Å². The fraction of sp³-hybridized carbons (Fsp3) is 0.368. The molecular weight excluding hydrogens is 377 g/mol. The summed E-state index contributed by atoms with van der Waals surface area (Å²) in [7, 11) is 0. The number of aliphatic hydroxyl groups excluding tert-OH is 1. The van der Waals surface area contributed by atoms with Crippen LogP contribution in [0, 0.1) is 0 Å². The average molecular weight is 394 g/mol. The molecule has 3 heterocycles. The quantitative estimate of drug-likeness (QED) is 0.847. The van der Waals surface area contributed by atoms with Crippen LogP contribution < -0.4 is 9.47 Å². The number of nitrogens with zero attached hydrogens (tertiary/aromatic N) is 2. The molecule has 2 atom stereocenters. The number of rotatable bonds is 2. The van der Waals surface area contributed by atoms with Gasteiger partial charge in [-0.25, -0.2) is 0 Å². The number of ether oxygens (including phenoxy) is 2. The summed E-state index contributed by atoms with van der Waals surface area (Å²) in [4.78, 5) is 18.3. The molecule has 6 nitrogen and oxygen atoms in total. The van der Waals surface area contributed by atoms with Gasteiger partial charge in [0.05, 0.1) is 6.04 Å². The van der Waals surface area contributed by atoms with Gasteiger partial charge in [0.2, 0.25) is 0 Å². The zero-order valence-corrected chi connectivity index (χ0v) is 15.0. The number of alkyl halides is 3. The summed E-state index contributed by atoms with van der Waals surface area (Å²) < 4.78 is 47.7. The Labute approximate surface area is 158 Å². The Morgan fingerprint density at radius 1 is 1.32 bits per heavy atom. The highest BCUT2D eigenvalue weighted by atomic mass is 19.4. The first kappa shape index (κ1) is 18.5. The van der Waals surface area contributed by atoms with Crippen molar-refractivity contribution in [2.75, 3.05) is 0 Å². The first-order chi connectivity index (χ1) is 13.1. The van der Waals surface area contributed by atoms with Crippen LogP contribution in [-0.2, 0) is 6.54 Å². The van der Waals surface area contributed by atoms with E-state index in [9.17, 15) is 23.1 Å². The van der Waals surface area contributed by atoms with E-state index in [1.165, 1.54) is 17.2 Å². The van der Waals surface area contributed by atoms with Crippen LogP contribution in [-0.4, -0.2) is 39.0 Å². The number of hydrogen-bond acceptors (Lipinski definition) is 5. The minimum Gasteiger partial charge on any atom is -0.485 e. The molecule has 1 aromatic carbocycles. The second-order valence-electron chi connectivity index (χ2n) is 7.31. The molecule has 1 N–H and O–H groups in total. The lowest BCUT2D eigenvalue weighted by Gasteiger charge is -2.45. The molecule has 0 fully saturated rings. The van der Waals surface area contributed by atoms with Gasteiger partial charge in [-0.1, -0.05) is 0 Å². The number of aliphatic hydroxyl groups is 1. The minimum atomic E-state index is -4.86. The van der Waals surface area contributed by atoms with Gasteiger partial charge in [0.15, 0.2) is 0 Å². The highest BCUT2D eigenvalue weighted by Gasteiger charge is 2.48. The summed E-state index contributed by atoms with van der Waals surface area (Å²) in [6, 6.07) is 4.32. The summed E-state index contributed by atoms with van der Waals surface area (Å²) in [5.74, 6) is -0.485. The van der Waals surface area contributed by atoms with Crippen molar-refractivity contribution in [3.63, 3.8) is 0 Å². The molecule has 28 heavy (non-hydrogen) atoms. The Morgan fingerprint density at radius 3 is 2.75 bits per heavy atom. The molecule has 0 aliphatic carbocycles. The summed E-state index contributed by atoms with van der Waals surface area (Å²) in [6.45, 7) is 3.50. The molecule has 0 unspecified atom stereocenters. The summed E-state index contributed by atoms with van der Waals surface area (Å²) in [5.41, 5.74) is 0.337. The smallest absolute Gasteiger partial charge is 0.485 e. The van der Waals surface area contributed by atoms with E-state index in [4.69, 9.17) is 4.74 Å². The van der Waals surface area contributed by atoms with Crippen LogP contribution in [0.2, 0.25) is 0 Å². The van der Waals surface area contributed by atoms with Crippen molar-refractivity contribution in [1.29, 1.82) is 0 Å². The van der Waals surface area contributed by atoms with Crippen molar-refractivity contribution in [1.82, 2.24) is 9.88 Å². The number of pyridine rings is 1. The summed E-state index contributed by atoms with van der Waals surface area (Å²) in [5, 5.41) is 10.9. The normalized spacial score (nSPS) is 23.1. The van der Waals surface area contributed by atoms with Crippen molar-refractivity contribution in [3.05, 3.63) is 53.3 Å². The first-order valence-corrected chi connectivity index (χ1v) is 8.57. The van der Waals surface area contributed by atoms with Gasteiger partial charge in [-0.3, -0.25) is 9.78 Å². The predicted octanol–water partition coefficient (Wildman–Crippen LogP) is 3.21. The molecule has 0 spiro atoms. The minimum absolute atomic E-state index is 0.184. The van der Waals surface area contributed by atoms with E-state index in [0.29, 0.717) is 11.1 Å². The van der Waals surface area contributed by atoms with Crippen molar-refractivity contribution < 1.29 is 32.5 Å². The van der Waals surface area contributed by atoms with Crippen LogP contribution >= 0.6 is 0 Å². The van der Waals surface area contributed by atoms with Gasteiger partial charge in [0, 0.05) is 35.6 Å². The van der Waals surface area contributed by atoms with Crippen LogP contribution in [0.3, 0.4) is 0 Å². The van der Waals surface area contributed by atoms with E-state index in [2.05, 4.69) is 9.72 Å². The maximum atomic E-state index is 12.9. The number of aromatic nitrogens is 1. The predicted molar refractivity (Wildman–Crippen MR) is 90.7 cm³/mol. The van der Waals surface area contributed by atoms with E-state index in [-0.39, 0.29) is 23.8 Å². The van der Waals surface area contributed by atoms with Gasteiger partial charge in [0.25, 0.3) is 5.91 Å². The number of carbonyl (C=O) groups is 1. The van der Waals surface area contributed by atoms with Crippen molar-refractivity contribution in [3.8, 4) is 11.5 Å². The topological polar surface area (TPSA) is 71.9 Å². The zero-order valence-electron chi connectivity index (χ0n) is 15.0. The van der Waals surface area contributed by atoms with Crippen molar-refractivity contribution in [2.24, 2.45) is 0 Å². The molecule has 148 valence electrons. The molecule has 9 heteroatoms. The zero-order chi connectivity index (χ0) is 20.3. The third-order valence-corrected chi connectivity index (χ3v) is 4.99. The second kappa shape index (κ2) is 6.10. The highest BCUT2D eigenvalue weighted by Crippen LogP contribution is 2.46. The highest BCUT2D eigenvalue weighted by molar-refractivity contribution is 5.98. The molecule has 0 saturated carbocycles. The van der Waals surface area contributed by atoms with Gasteiger partial charge in [-0.2, -0.15) is 0 Å². The van der Waals surface area contributed by atoms with Gasteiger partial charge in [-0.15, -0.1) is 13.2 Å². The summed E-state index contributed by atoms with van der Waals surface area (Å²) in [6.07, 6.45) is -2.97. The van der Waals surface area contributed by atoms with E-state index >= 15 is 0 Å². The lowest BCUT2D eigenvalue weighted by atomic mass is 9.85. The molecule has 2 aliphatic rings. The fourth-order valence-electron chi connectivity index (χ4n) is 3.68. The Hall–Kier alpha value is -2.81. The van der Waals surface area contributed by atoms with Crippen molar-refractivity contribution in [2.45, 2.75) is 44.5 Å². The molecule has 1 amide bonds. The second-order valence-corrected chi connectivity index (χ2v) is 7.31. The number of carbonyl (C=O) groups excluding carboxylic acids is 1. The molecule has 0 radical (unpaired) electrons. The van der Waals surface area contributed by atoms with E-state index in [0.717, 1.165) is 12.1 Å². The maximum absolute atomic E-state index is 12.9. The van der Waals surface area contributed by atoms with Gasteiger partial charge in [0.1, 0.15) is 23.2 Å². The number of fused-ring (bicyclic) bond motifs is 2. The van der Waals surface area contributed by atoms with Gasteiger partial charge >= 0.3 is 6.36 Å². The molecule has 4 rings (SSSR count). The maximum Gasteiger partial charge on any atom is 0.573 e.